The molecule has 0 aromatic heterocycles. The molecule has 0 aliphatic carbocycles. The zero-order valence-electron chi connectivity index (χ0n) is 11.7. The number of aliphatic imine (C=N–C) groups is 1. The number of esters is 1. The Labute approximate surface area is 132 Å². The lowest BCUT2D eigenvalue weighted by Gasteiger charge is -2.05. The summed E-state index contributed by atoms with van der Waals surface area (Å²) in [6.07, 6.45) is 0. The number of amidine groups is 1. The van der Waals surface area contributed by atoms with Crippen LogP contribution in [0.5, 0.6) is 0 Å². The fourth-order valence-corrected chi connectivity index (χ4v) is 2.09. The maximum atomic E-state index is 11.8. The van der Waals surface area contributed by atoms with E-state index in [-0.39, 0.29) is 11.7 Å². The number of hydrogen-bond acceptors (Lipinski definition) is 4. The first-order chi connectivity index (χ1) is 10.6. The first-order valence-electron chi connectivity index (χ1n) is 6.60. The van der Waals surface area contributed by atoms with Crippen molar-refractivity contribution in [2.24, 2.45) is 10.1 Å². The zero-order chi connectivity index (χ0) is 15.5. The van der Waals surface area contributed by atoms with Crippen LogP contribution in [0.4, 0.5) is 5.69 Å². The number of benzene rings is 2. The van der Waals surface area contributed by atoms with Crippen LogP contribution in [0, 0.1) is 6.92 Å². The second-order valence-corrected chi connectivity index (χ2v) is 5.04. The molecule has 0 amide bonds. The third kappa shape index (κ3) is 2.84. The van der Waals surface area contributed by atoms with Gasteiger partial charge in [0.25, 0.3) is 5.84 Å². The number of rotatable bonds is 3. The van der Waals surface area contributed by atoms with Crippen LogP contribution in [-0.4, -0.2) is 17.7 Å². The third-order valence-electron chi connectivity index (χ3n) is 3.15. The van der Waals surface area contributed by atoms with Crippen molar-refractivity contribution in [3.63, 3.8) is 0 Å². The fourth-order valence-electron chi connectivity index (χ4n) is 1.91. The van der Waals surface area contributed by atoms with Gasteiger partial charge in [-0.15, -0.1) is 5.10 Å². The van der Waals surface area contributed by atoms with Gasteiger partial charge in [0.1, 0.15) is 0 Å². The Hall–Kier alpha value is -2.66. The van der Waals surface area contributed by atoms with Crippen molar-refractivity contribution in [2.75, 3.05) is 5.43 Å². The van der Waals surface area contributed by atoms with Crippen LogP contribution in [0.1, 0.15) is 11.1 Å². The van der Waals surface area contributed by atoms with Crippen LogP contribution >= 0.6 is 11.6 Å². The molecule has 22 heavy (non-hydrogen) atoms. The molecule has 0 atom stereocenters. The lowest BCUT2D eigenvalue weighted by molar-refractivity contribution is -0.127. The average Bonchev–Trinajstić information content (AvgIpc) is 2.91. The molecule has 2 aromatic carbocycles. The lowest BCUT2D eigenvalue weighted by atomic mass is 10.2. The van der Waals surface area contributed by atoms with Crippen LogP contribution in [0.25, 0.3) is 0 Å². The van der Waals surface area contributed by atoms with E-state index in [1.807, 2.05) is 43.3 Å². The van der Waals surface area contributed by atoms with Crippen molar-refractivity contribution in [3.8, 4) is 0 Å². The Balaban J connectivity index is 1.84. The van der Waals surface area contributed by atoms with Crippen molar-refractivity contribution in [2.45, 2.75) is 6.92 Å². The Morgan fingerprint density at radius 3 is 2.68 bits per heavy atom. The number of halogens is 1. The van der Waals surface area contributed by atoms with E-state index < -0.39 is 5.97 Å². The summed E-state index contributed by atoms with van der Waals surface area (Å²) >= 11 is 6.03. The predicted molar refractivity (Wildman–Crippen MR) is 86.3 cm³/mol. The van der Waals surface area contributed by atoms with Crippen molar-refractivity contribution in [3.05, 3.63) is 64.7 Å². The number of hydrogen-bond donors (Lipinski definition) is 1. The summed E-state index contributed by atoms with van der Waals surface area (Å²) in [7, 11) is 0. The standard InChI is InChI=1S/C16H12ClN3O2/c1-10-12(17)8-5-9-13(10)19-20-14-16(21)22-15(18-14)11-6-3-2-4-7-11/h2-9,19H,1H3. The number of carbonyl (C=O) groups excluding carboxylic acids is 1. The van der Waals surface area contributed by atoms with Crippen LogP contribution in [0.2, 0.25) is 5.02 Å². The minimum atomic E-state index is -0.592. The van der Waals surface area contributed by atoms with Gasteiger partial charge in [-0.05, 0) is 36.8 Å². The molecule has 0 bridgehead atoms. The highest BCUT2D eigenvalue weighted by atomic mass is 35.5. The highest BCUT2D eigenvalue weighted by Crippen LogP contribution is 2.23. The number of nitrogens with one attached hydrogen (secondary N) is 1. The van der Waals surface area contributed by atoms with Crippen LogP contribution in [0.3, 0.4) is 0 Å². The molecule has 1 heterocycles. The lowest BCUT2D eigenvalue weighted by Crippen LogP contribution is -2.11. The van der Waals surface area contributed by atoms with Crippen LogP contribution in [0.15, 0.2) is 58.6 Å². The number of nitrogens with zero attached hydrogens (tertiary/aromatic N) is 2. The Morgan fingerprint density at radius 1 is 1.14 bits per heavy atom. The van der Waals surface area contributed by atoms with E-state index in [0.717, 1.165) is 11.1 Å². The number of hydrazone groups is 1. The van der Waals surface area contributed by atoms with Gasteiger partial charge in [-0.3, -0.25) is 5.43 Å². The molecule has 3 rings (SSSR count). The molecule has 6 heteroatoms. The largest absolute Gasteiger partial charge is 0.401 e. The van der Waals surface area contributed by atoms with Gasteiger partial charge >= 0.3 is 5.97 Å². The Morgan fingerprint density at radius 2 is 1.91 bits per heavy atom. The fraction of sp³-hybridized carbons (Fsp3) is 0.0625. The van der Waals surface area contributed by atoms with Crippen molar-refractivity contribution < 1.29 is 9.53 Å². The van der Waals surface area contributed by atoms with Gasteiger partial charge in [0.15, 0.2) is 0 Å². The molecule has 0 spiro atoms. The van der Waals surface area contributed by atoms with Gasteiger partial charge < -0.3 is 4.74 Å². The first-order valence-corrected chi connectivity index (χ1v) is 6.98. The molecule has 1 aliphatic rings. The summed E-state index contributed by atoms with van der Waals surface area (Å²) in [6, 6.07) is 14.6. The van der Waals surface area contributed by atoms with E-state index in [9.17, 15) is 4.79 Å². The van der Waals surface area contributed by atoms with E-state index in [1.165, 1.54) is 0 Å². The van der Waals surface area contributed by atoms with Gasteiger partial charge in [0.2, 0.25) is 5.90 Å². The summed E-state index contributed by atoms with van der Waals surface area (Å²) in [5.74, 6) is -0.377. The molecule has 0 radical (unpaired) electrons. The highest BCUT2D eigenvalue weighted by Gasteiger charge is 2.25. The predicted octanol–water partition coefficient (Wildman–Crippen LogP) is 3.38. The van der Waals surface area contributed by atoms with Crippen LogP contribution < -0.4 is 5.43 Å². The van der Waals surface area contributed by atoms with Gasteiger partial charge in [0.05, 0.1) is 5.69 Å². The second-order valence-electron chi connectivity index (χ2n) is 4.63. The Kier molecular flexibility index (Phi) is 3.89. The first kappa shape index (κ1) is 14.3. The molecular weight excluding hydrogens is 302 g/mol. The number of anilines is 1. The number of carbonyl (C=O) groups is 1. The van der Waals surface area contributed by atoms with Crippen molar-refractivity contribution >= 4 is 35.0 Å². The monoisotopic (exact) mass is 313 g/mol. The van der Waals surface area contributed by atoms with Gasteiger partial charge in [-0.25, -0.2) is 4.79 Å². The molecule has 5 nitrogen and oxygen atoms in total. The van der Waals surface area contributed by atoms with E-state index in [1.54, 1.807) is 12.1 Å². The van der Waals surface area contributed by atoms with E-state index >= 15 is 0 Å². The van der Waals surface area contributed by atoms with Crippen molar-refractivity contribution in [1.29, 1.82) is 0 Å². The summed E-state index contributed by atoms with van der Waals surface area (Å²) in [5, 5.41) is 4.62. The average molecular weight is 314 g/mol. The van der Waals surface area contributed by atoms with Crippen LogP contribution in [-0.2, 0) is 9.53 Å². The molecule has 0 unspecified atom stereocenters. The van der Waals surface area contributed by atoms with Crippen molar-refractivity contribution in [1.82, 2.24) is 0 Å². The quantitative estimate of drug-likeness (QED) is 0.698. The Bertz CT molecular complexity index is 785. The molecule has 1 aliphatic heterocycles. The van der Waals surface area contributed by atoms with E-state index in [0.29, 0.717) is 10.7 Å². The third-order valence-corrected chi connectivity index (χ3v) is 3.56. The zero-order valence-corrected chi connectivity index (χ0v) is 12.5. The van der Waals surface area contributed by atoms with Gasteiger partial charge in [-0.1, -0.05) is 35.9 Å². The number of cyclic esters (lactones) is 1. The molecule has 0 saturated heterocycles. The SMILES string of the molecule is Cc1c(Cl)cccc1NN=C1N=C(c2ccccc2)OC1=O. The number of ether oxygens (including phenoxy) is 1. The molecule has 110 valence electrons. The molecular formula is C16H12ClN3O2. The van der Waals surface area contributed by atoms with Gasteiger partial charge in [-0.2, -0.15) is 4.99 Å². The minimum absolute atomic E-state index is 0.0294. The highest BCUT2D eigenvalue weighted by molar-refractivity contribution is 6.43. The topological polar surface area (TPSA) is 63.1 Å². The minimum Gasteiger partial charge on any atom is -0.401 e. The van der Waals surface area contributed by atoms with Gasteiger partial charge in [0, 0.05) is 10.6 Å². The normalized spacial score (nSPS) is 15.6. The smallest absolute Gasteiger partial charge is 0.385 e. The summed E-state index contributed by atoms with van der Waals surface area (Å²) in [5.41, 5.74) is 5.06. The van der Waals surface area contributed by atoms with E-state index in [2.05, 4.69) is 15.5 Å². The summed E-state index contributed by atoms with van der Waals surface area (Å²) < 4.78 is 5.12. The molecule has 2 aromatic rings. The maximum Gasteiger partial charge on any atom is 0.385 e. The molecule has 1 N–H and O–H groups in total. The summed E-state index contributed by atoms with van der Waals surface area (Å²) in [6.45, 7) is 1.86. The summed E-state index contributed by atoms with van der Waals surface area (Å²) in [4.78, 5) is 15.9. The molecule has 0 saturated carbocycles. The molecule has 0 fully saturated rings. The van der Waals surface area contributed by atoms with E-state index in [4.69, 9.17) is 16.3 Å². The maximum absolute atomic E-state index is 11.8. The second kappa shape index (κ2) is 5.99.